The van der Waals surface area contributed by atoms with Gasteiger partial charge >= 0.3 is 0 Å². The molecule has 1 fully saturated rings. The summed E-state index contributed by atoms with van der Waals surface area (Å²) in [6, 6.07) is 4.35. The van der Waals surface area contributed by atoms with Crippen LogP contribution in [0.5, 0.6) is 5.75 Å². The van der Waals surface area contributed by atoms with Gasteiger partial charge in [0.15, 0.2) is 0 Å². The number of benzene rings is 1. The average molecular weight is 222 g/mol. The van der Waals surface area contributed by atoms with Gasteiger partial charge in [-0.15, -0.1) is 0 Å². The van der Waals surface area contributed by atoms with E-state index in [9.17, 15) is 9.50 Å². The topological polar surface area (TPSA) is 29.5 Å². The second-order valence-electron chi connectivity index (χ2n) is 5.09. The largest absolute Gasteiger partial charge is 0.487 e. The first-order valence-electron chi connectivity index (χ1n) is 5.75. The van der Waals surface area contributed by atoms with E-state index in [-0.39, 0.29) is 11.4 Å². The molecule has 0 radical (unpaired) electrons. The van der Waals surface area contributed by atoms with Gasteiger partial charge in [-0.3, -0.25) is 0 Å². The van der Waals surface area contributed by atoms with Crippen LogP contribution in [-0.2, 0) is 0 Å². The summed E-state index contributed by atoms with van der Waals surface area (Å²) in [4.78, 5) is 0. The molecule has 16 heavy (non-hydrogen) atoms. The number of ether oxygens (including phenoxy) is 1. The molecule has 3 heteroatoms. The smallest absolute Gasteiger partial charge is 0.128 e. The van der Waals surface area contributed by atoms with Crippen LogP contribution in [0.1, 0.15) is 37.9 Å². The van der Waals surface area contributed by atoms with Gasteiger partial charge in [-0.25, -0.2) is 4.39 Å². The van der Waals surface area contributed by atoms with E-state index in [0.29, 0.717) is 23.7 Å². The Morgan fingerprint density at radius 2 is 2.19 bits per heavy atom. The number of aliphatic hydroxyl groups excluding tert-OH is 1. The van der Waals surface area contributed by atoms with Gasteiger partial charge in [-0.1, -0.05) is 0 Å². The van der Waals surface area contributed by atoms with Crippen LogP contribution >= 0.6 is 0 Å². The minimum atomic E-state index is -0.532. The van der Waals surface area contributed by atoms with Crippen LogP contribution in [0.4, 0.5) is 4.39 Å². The molecule has 1 aliphatic carbocycles. The van der Waals surface area contributed by atoms with Gasteiger partial charge in [0.1, 0.15) is 17.2 Å². The quantitative estimate of drug-likeness (QED) is 0.791. The predicted octanol–water partition coefficient (Wildman–Crippen LogP) is 2.81. The molecule has 86 valence electrons. The van der Waals surface area contributed by atoms with Gasteiger partial charge in [0, 0.05) is 18.1 Å². The Hall–Kier alpha value is -1.09. The normalized spacial score (nSPS) is 33.1. The monoisotopic (exact) mass is 222 g/mol. The molecule has 3 rings (SSSR count). The summed E-state index contributed by atoms with van der Waals surface area (Å²) in [5, 5.41) is 10.1. The molecule has 0 saturated heterocycles. The maximum absolute atomic E-state index is 13.1. The molecule has 0 bridgehead atoms. The minimum absolute atomic E-state index is 0.314. The first-order valence-corrected chi connectivity index (χ1v) is 5.75. The maximum Gasteiger partial charge on any atom is 0.128 e. The van der Waals surface area contributed by atoms with Crippen molar-refractivity contribution in [1.82, 2.24) is 0 Å². The van der Waals surface area contributed by atoms with E-state index in [1.54, 1.807) is 6.07 Å². The van der Waals surface area contributed by atoms with Crippen molar-refractivity contribution in [2.24, 2.45) is 5.92 Å². The van der Waals surface area contributed by atoms with Crippen molar-refractivity contribution in [1.29, 1.82) is 0 Å². The van der Waals surface area contributed by atoms with Crippen LogP contribution < -0.4 is 4.74 Å². The third-order valence-corrected chi connectivity index (χ3v) is 3.72. The summed E-state index contributed by atoms with van der Waals surface area (Å²) in [7, 11) is 0. The van der Waals surface area contributed by atoms with Crippen LogP contribution in [0, 0.1) is 11.7 Å². The van der Waals surface area contributed by atoms with E-state index in [2.05, 4.69) is 0 Å². The number of rotatable bonds is 1. The summed E-state index contributed by atoms with van der Waals surface area (Å²) >= 11 is 0. The highest BCUT2D eigenvalue weighted by Gasteiger charge is 2.47. The summed E-state index contributed by atoms with van der Waals surface area (Å²) in [6.45, 7) is 2.02. The standard InChI is InChI=1S/C13H15FO2/c1-13(8-2-3-8)7-11(15)10-5-4-9(14)6-12(10)16-13/h4-6,8,11,15H,2-3,7H2,1H3. The third kappa shape index (κ3) is 1.50. The lowest BCUT2D eigenvalue weighted by Crippen LogP contribution is -2.40. The fourth-order valence-corrected chi connectivity index (χ4v) is 2.60. The molecule has 2 atom stereocenters. The molecule has 2 aliphatic rings. The zero-order valence-corrected chi connectivity index (χ0v) is 9.24. The lowest BCUT2D eigenvalue weighted by molar-refractivity contribution is -0.0168. The Labute approximate surface area is 94.0 Å². The number of aliphatic hydroxyl groups is 1. The van der Waals surface area contributed by atoms with Gasteiger partial charge < -0.3 is 9.84 Å². The van der Waals surface area contributed by atoms with Gasteiger partial charge in [-0.05, 0) is 37.8 Å². The molecule has 1 aromatic rings. The molecule has 0 spiro atoms. The van der Waals surface area contributed by atoms with Crippen molar-refractivity contribution in [2.75, 3.05) is 0 Å². The third-order valence-electron chi connectivity index (χ3n) is 3.72. The summed E-state index contributed by atoms with van der Waals surface area (Å²) in [5.41, 5.74) is 0.389. The Bertz CT molecular complexity index is 428. The van der Waals surface area contributed by atoms with Crippen LogP contribution in [-0.4, -0.2) is 10.7 Å². The van der Waals surface area contributed by atoms with Crippen molar-refractivity contribution < 1.29 is 14.2 Å². The molecule has 0 amide bonds. The molecule has 2 nitrogen and oxygen atoms in total. The van der Waals surface area contributed by atoms with Gasteiger partial charge in [0.25, 0.3) is 0 Å². The van der Waals surface area contributed by atoms with E-state index in [4.69, 9.17) is 4.74 Å². The first-order chi connectivity index (χ1) is 7.58. The molecule has 1 saturated carbocycles. The molecule has 1 aromatic carbocycles. The Balaban J connectivity index is 2.00. The van der Waals surface area contributed by atoms with Crippen LogP contribution in [0.25, 0.3) is 0 Å². The molecular weight excluding hydrogens is 207 g/mol. The molecule has 1 aliphatic heterocycles. The minimum Gasteiger partial charge on any atom is -0.487 e. The maximum atomic E-state index is 13.1. The van der Waals surface area contributed by atoms with Crippen molar-refractivity contribution in [3.8, 4) is 5.75 Å². The number of halogens is 1. The highest BCUT2D eigenvalue weighted by molar-refractivity contribution is 5.38. The van der Waals surface area contributed by atoms with E-state index >= 15 is 0 Å². The van der Waals surface area contributed by atoms with Crippen molar-refractivity contribution >= 4 is 0 Å². The zero-order chi connectivity index (χ0) is 11.3. The predicted molar refractivity (Wildman–Crippen MR) is 57.7 cm³/mol. The van der Waals surface area contributed by atoms with Gasteiger partial charge in [0.2, 0.25) is 0 Å². The average Bonchev–Trinajstić information content (AvgIpc) is 2.99. The fraction of sp³-hybridized carbons (Fsp3) is 0.538. The molecule has 1 heterocycles. The van der Waals surface area contributed by atoms with E-state index in [1.807, 2.05) is 6.92 Å². The number of fused-ring (bicyclic) bond motifs is 1. The SMILES string of the molecule is CC1(C2CC2)CC(O)c2ccc(F)cc2O1. The van der Waals surface area contributed by atoms with Gasteiger partial charge in [0.05, 0.1) is 6.10 Å². The van der Waals surface area contributed by atoms with Crippen molar-refractivity contribution in [3.63, 3.8) is 0 Å². The molecule has 2 unspecified atom stereocenters. The summed E-state index contributed by atoms with van der Waals surface area (Å²) < 4.78 is 19.0. The lowest BCUT2D eigenvalue weighted by atomic mass is 9.86. The Morgan fingerprint density at radius 1 is 1.44 bits per heavy atom. The van der Waals surface area contributed by atoms with Crippen LogP contribution in [0.15, 0.2) is 18.2 Å². The highest BCUT2D eigenvalue weighted by Crippen LogP contribution is 2.50. The lowest BCUT2D eigenvalue weighted by Gasteiger charge is -2.38. The molecular formula is C13H15FO2. The number of hydrogen-bond donors (Lipinski definition) is 1. The number of hydrogen-bond acceptors (Lipinski definition) is 2. The first kappa shape index (κ1) is 10.1. The Morgan fingerprint density at radius 3 is 2.88 bits per heavy atom. The highest BCUT2D eigenvalue weighted by atomic mass is 19.1. The van der Waals surface area contributed by atoms with E-state index in [0.717, 1.165) is 12.8 Å². The van der Waals surface area contributed by atoms with Crippen LogP contribution in [0.2, 0.25) is 0 Å². The van der Waals surface area contributed by atoms with Crippen LogP contribution in [0.3, 0.4) is 0 Å². The summed E-state index contributed by atoms with van der Waals surface area (Å²) in [5.74, 6) is 0.706. The van der Waals surface area contributed by atoms with Crippen molar-refractivity contribution in [2.45, 2.75) is 37.9 Å². The second-order valence-corrected chi connectivity index (χ2v) is 5.09. The van der Waals surface area contributed by atoms with E-state index < -0.39 is 6.10 Å². The van der Waals surface area contributed by atoms with Crippen molar-refractivity contribution in [3.05, 3.63) is 29.6 Å². The Kier molecular flexibility index (Phi) is 2.02. The van der Waals surface area contributed by atoms with E-state index in [1.165, 1.54) is 12.1 Å². The molecule has 1 N–H and O–H groups in total. The second kappa shape index (κ2) is 3.20. The fourth-order valence-electron chi connectivity index (χ4n) is 2.60. The zero-order valence-electron chi connectivity index (χ0n) is 9.24. The molecule has 0 aromatic heterocycles. The van der Waals surface area contributed by atoms with Gasteiger partial charge in [-0.2, -0.15) is 0 Å². The summed E-state index contributed by atoms with van der Waals surface area (Å²) in [6.07, 6.45) is 2.37.